The fraction of sp³-hybridized carbons (Fsp3) is 0.385. The van der Waals surface area contributed by atoms with Crippen molar-refractivity contribution >= 4 is 17.4 Å². The molecule has 1 fully saturated rings. The van der Waals surface area contributed by atoms with E-state index in [1.807, 2.05) is 64.0 Å². The predicted octanol–water partition coefficient (Wildman–Crippen LogP) is 3.86. The summed E-state index contributed by atoms with van der Waals surface area (Å²) in [4.78, 5) is 29.7. The second-order valence-corrected chi connectivity index (χ2v) is 8.50. The van der Waals surface area contributed by atoms with Crippen LogP contribution in [0.4, 0.5) is 0 Å². The quantitative estimate of drug-likeness (QED) is 0.354. The molecule has 0 bridgehead atoms. The van der Waals surface area contributed by atoms with E-state index in [1.165, 1.54) is 4.90 Å². The fourth-order valence-electron chi connectivity index (χ4n) is 3.85. The molecule has 7 heteroatoms. The number of aliphatic hydroxyl groups excluding tert-OH is 1. The summed E-state index contributed by atoms with van der Waals surface area (Å²) in [5.74, 6) is -0.332. The van der Waals surface area contributed by atoms with Gasteiger partial charge in [-0.2, -0.15) is 0 Å². The van der Waals surface area contributed by atoms with Crippen LogP contribution in [0, 0.1) is 0 Å². The number of aliphatic hydroxyl groups is 1. The summed E-state index contributed by atoms with van der Waals surface area (Å²) in [5, 5.41) is 11.2. The molecule has 1 N–H and O–H groups in total. The molecule has 1 saturated heterocycles. The summed E-state index contributed by atoms with van der Waals surface area (Å²) < 4.78 is 11.4. The molecule has 1 aliphatic heterocycles. The highest BCUT2D eigenvalue weighted by Gasteiger charge is 2.46. The molecule has 0 radical (unpaired) electrons. The molecular formula is C26H32N2O5. The summed E-state index contributed by atoms with van der Waals surface area (Å²) in [6.45, 7) is 7.12. The molecule has 1 amide bonds. The Morgan fingerprint density at radius 3 is 2.45 bits per heavy atom. The van der Waals surface area contributed by atoms with E-state index in [1.54, 1.807) is 24.3 Å². The van der Waals surface area contributed by atoms with E-state index in [0.29, 0.717) is 42.3 Å². The Balaban J connectivity index is 2.14. The van der Waals surface area contributed by atoms with Crippen molar-refractivity contribution < 1.29 is 24.2 Å². The summed E-state index contributed by atoms with van der Waals surface area (Å²) in [5.41, 5.74) is 1.19. The Labute approximate surface area is 195 Å². The van der Waals surface area contributed by atoms with Crippen LogP contribution in [0.15, 0.2) is 54.1 Å². The van der Waals surface area contributed by atoms with Crippen LogP contribution in [0.25, 0.3) is 5.76 Å². The van der Waals surface area contributed by atoms with Crippen molar-refractivity contribution in [1.29, 1.82) is 0 Å². The van der Waals surface area contributed by atoms with Crippen LogP contribution in [0.2, 0.25) is 0 Å². The van der Waals surface area contributed by atoms with Gasteiger partial charge >= 0.3 is 0 Å². The Bertz CT molecular complexity index is 1040. The molecule has 1 atom stereocenters. The Morgan fingerprint density at radius 1 is 1.09 bits per heavy atom. The third-order valence-electron chi connectivity index (χ3n) is 5.29. The highest BCUT2D eigenvalue weighted by atomic mass is 16.5. The van der Waals surface area contributed by atoms with Crippen molar-refractivity contribution in [3.8, 4) is 11.5 Å². The first-order chi connectivity index (χ1) is 15.7. The average Bonchev–Trinajstić information content (AvgIpc) is 3.02. The van der Waals surface area contributed by atoms with Gasteiger partial charge in [-0.25, -0.2) is 0 Å². The number of rotatable bonds is 9. The number of ketones is 1. The molecule has 0 spiro atoms. The first-order valence-corrected chi connectivity index (χ1v) is 11.2. The number of amides is 1. The van der Waals surface area contributed by atoms with Gasteiger partial charge in [0.05, 0.1) is 24.3 Å². The van der Waals surface area contributed by atoms with E-state index in [4.69, 9.17) is 9.47 Å². The standard InChI is InChI=1S/C26H32N2O5/c1-6-32-20-11-8-10-19(16-20)24(29)22-23(18-9-7-12-21(15-18)33-17(2)3)28(14-13-27(4)5)26(31)25(22)30/h7-12,15-17,23,29H,6,13-14H2,1-5H3/b24-22-. The van der Waals surface area contributed by atoms with Crippen LogP contribution in [0.3, 0.4) is 0 Å². The average molecular weight is 453 g/mol. The van der Waals surface area contributed by atoms with Crippen molar-refractivity contribution in [2.75, 3.05) is 33.8 Å². The number of benzene rings is 2. The number of Topliss-reactive ketones (excluding diaryl/α,β-unsaturated/α-hetero) is 1. The molecule has 176 valence electrons. The zero-order valence-corrected chi connectivity index (χ0v) is 19.9. The van der Waals surface area contributed by atoms with Crippen LogP contribution >= 0.6 is 0 Å². The van der Waals surface area contributed by atoms with E-state index in [-0.39, 0.29) is 17.4 Å². The van der Waals surface area contributed by atoms with Gasteiger partial charge in [-0.15, -0.1) is 0 Å². The van der Waals surface area contributed by atoms with Gasteiger partial charge in [0.25, 0.3) is 11.7 Å². The van der Waals surface area contributed by atoms with Gasteiger partial charge in [0.2, 0.25) is 0 Å². The fourth-order valence-corrected chi connectivity index (χ4v) is 3.85. The maximum atomic E-state index is 13.1. The first kappa shape index (κ1) is 24.3. The lowest BCUT2D eigenvalue weighted by Gasteiger charge is -2.27. The normalized spacial score (nSPS) is 17.8. The second kappa shape index (κ2) is 10.5. The molecule has 0 aliphatic carbocycles. The number of ether oxygens (including phenoxy) is 2. The number of carbonyl (C=O) groups excluding carboxylic acids is 2. The summed E-state index contributed by atoms with van der Waals surface area (Å²) >= 11 is 0. The van der Waals surface area contributed by atoms with Gasteiger partial charge in [0.1, 0.15) is 17.3 Å². The summed E-state index contributed by atoms with van der Waals surface area (Å²) in [6, 6.07) is 13.5. The Hall–Kier alpha value is -3.32. The third kappa shape index (κ3) is 5.54. The topological polar surface area (TPSA) is 79.3 Å². The molecule has 7 nitrogen and oxygen atoms in total. The van der Waals surface area contributed by atoms with Gasteiger partial charge in [0.15, 0.2) is 0 Å². The van der Waals surface area contributed by atoms with Gasteiger partial charge < -0.3 is 24.4 Å². The molecule has 0 aromatic heterocycles. The smallest absolute Gasteiger partial charge is 0.295 e. The molecule has 0 saturated carbocycles. The summed E-state index contributed by atoms with van der Waals surface area (Å²) in [6.07, 6.45) is -0.0262. The van der Waals surface area contributed by atoms with Crippen LogP contribution in [0.1, 0.15) is 37.9 Å². The van der Waals surface area contributed by atoms with Gasteiger partial charge in [-0.05, 0) is 64.7 Å². The van der Waals surface area contributed by atoms with Gasteiger partial charge in [-0.1, -0.05) is 24.3 Å². The molecule has 2 aromatic carbocycles. The highest BCUT2D eigenvalue weighted by molar-refractivity contribution is 6.46. The molecular weight excluding hydrogens is 420 g/mol. The third-order valence-corrected chi connectivity index (χ3v) is 5.29. The number of likely N-dealkylation sites (N-methyl/N-ethyl adjacent to an activating group) is 1. The number of likely N-dealkylation sites (tertiary alicyclic amines) is 1. The molecule has 3 rings (SSSR count). The van der Waals surface area contributed by atoms with Crippen molar-refractivity contribution in [1.82, 2.24) is 9.80 Å². The lowest BCUT2D eigenvalue weighted by Crippen LogP contribution is -2.35. The van der Waals surface area contributed by atoms with Crippen molar-refractivity contribution in [3.63, 3.8) is 0 Å². The minimum absolute atomic E-state index is 0.0262. The van der Waals surface area contributed by atoms with Crippen molar-refractivity contribution in [3.05, 3.63) is 65.2 Å². The monoisotopic (exact) mass is 452 g/mol. The van der Waals surface area contributed by atoms with Crippen molar-refractivity contribution in [2.45, 2.75) is 32.9 Å². The number of nitrogens with zero attached hydrogens (tertiary/aromatic N) is 2. The zero-order valence-electron chi connectivity index (χ0n) is 19.9. The van der Waals surface area contributed by atoms with Crippen LogP contribution in [0.5, 0.6) is 11.5 Å². The molecule has 2 aromatic rings. The Kier molecular flexibility index (Phi) is 7.76. The van der Waals surface area contributed by atoms with Gasteiger partial charge in [-0.3, -0.25) is 9.59 Å². The van der Waals surface area contributed by atoms with E-state index in [2.05, 4.69) is 0 Å². The van der Waals surface area contributed by atoms with Crippen LogP contribution < -0.4 is 9.47 Å². The predicted molar refractivity (Wildman–Crippen MR) is 127 cm³/mol. The van der Waals surface area contributed by atoms with E-state index in [9.17, 15) is 14.7 Å². The molecule has 1 heterocycles. The lowest BCUT2D eigenvalue weighted by molar-refractivity contribution is -0.140. The number of hydrogen-bond donors (Lipinski definition) is 1. The molecule has 33 heavy (non-hydrogen) atoms. The minimum Gasteiger partial charge on any atom is -0.507 e. The first-order valence-electron chi connectivity index (χ1n) is 11.2. The second-order valence-electron chi connectivity index (χ2n) is 8.50. The van der Waals surface area contributed by atoms with Gasteiger partial charge in [0, 0.05) is 18.7 Å². The summed E-state index contributed by atoms with van der Waals surface area (Å²) in [7, 11) is 3.81. The largest absolute Gasteiger partial charge is 0.507 e. The SMILES string of the molecule is CCOc1cccc(/C(O)=C2/C(=O)C(=O)N(CCN(C)C)C2c2cccc(OC(C)C)c2)c1. The van der Waals surface area contributed by atoms with E-state index < -0.39 is 17.7 Å². The molecule has 1 aliphatic rings. The Morgan fingerprint density at radius 2 is 1.79 bits per heavy atom. The van der Waals surface area contributed by atoms with Crippen molar-refractivity contribution in [2.24, 2.45) is 0 Å². The minimum atomic E-state index is -0.726. The van der Waals surface area contributed by atoms with Crippen LogP contribution in [-0.2, 0) is 9.59 Å². The maximum absolute atomic E-state index is 13.1. The van der Waals surface area contributed by atoms with E-state index >= 15 is 0 Å². The maximum Gasteiger partial charge on any atom is 0.295 e. The van der Waals surface area contributed by atoms with Crippen LogP contribution in [-0.4, -0.2) is 66.5 Å². The number of carbonyl (C=O) groups is 2. The highest BCUT2D eigenvalue weighted by Crippen LogP contribution is 2.40. The zero-order chi connectivity index (χ0) is 24.1. The molecule has 1 unspecified atom stereocenters. The number of hydrogen-bond acceptors (Lipinski definition) is 6. The lowest BCUT2D eigenvalue weighted by atomic mass is 9.95. The van der Waals surface area contributed by atoms with E-state index in [0.717, 1.165) is 0 Å².